The molecule has 3 unspecified atom stereocenters. The van der Waals surface area contributed by atoms with Crippen molar-refractivity contribution in [2.24, 2.45) is 11.7 Å². The van der Waals surface area contributed by atoms with Crippen LogP contribution in [0.1, 0.15) is 51.4 Å². The Hall–Kier alpha value is -1.10. The summed E-state index contributed by atoms with van der Waals surface area (Å²) in [5, 5.41) is 5.70. The third kappa shape index (κ3) is 4.20. The fourth-order valence-electron chi connectivity index (χ4n) is 3.06. The third-order valence-corrected chi connectivity index (χ3v) is 4.29. The monoisotopic (exact) mass is 267 g/mol. The smallest absolute Gasteiger partial charge is 0.242 e. The molecule has 4 N–H and O–H groups in total. The second kappa shape index (κ2) is 6.89. The number of nitrogens with two attached hydrogens (primary N) is 1. The molecule has 2 amide bonds. The highest BCUT2D eigenvalue weighted by molar-refractivity contribution is 5.87. The Labute approximate surface area is 114 Å². The Morgan fingerprint density at radius 1 is 1.21 bits per heavy atom. The Balaban J connectivity index is 1.81. The first-order valence-corrected chi connectivity index (χ1v) is 7.49. The average molecular weight is 267 g/mol. The predicted molar refractivity (Wildman–Crippen MR) is 73.3 cm³/mol. The Kier molecular flexibility index (Phi) is 5.19. The van der Waals surface area contributed by atoms with Gasteiger partial charge in [0.25, 0.3) is 0 Å². The number of hydrogen-bond donors (Lipinski definition) is 3. The highest BCUT2D eigenvalue weighted by Crippen LogP contribution is 2.25. The van der Waals surface area contributed by atoms with Gasteiger partial charge in [-0.1, -0.05) is 12.8 Å². The second-order valence-electron chi connectivity index (χ2n) is 5.82. The average Bonchev–Trinajstić information content (AvgIpc) is 2.58. The van der Waals surface area contributed by atoms with Crippen LogP contribution in [0.4, 0.5) is 0 Å². The van der Waals surface area contributed by atoms with E-state index in [4.69, 9.17) is 5.73 Å². The predicted octanol–water partition coefficient (Wildman–Crippen LogP) is 0.679. The van der Waals surface area contributed by atoms with E-state index in [-0.39, 0.29) is 29.8 Å². The number of nitrogens with one attached hydrogen (secondary N) is 2. The van der Waals surface area contributed by atoms with Crippen molar-refractivity contribution in [2.75, 3.05) is 6.54 Å². The first kappa shape index (κ1) is 14.3. The molecular weight excluding hydrogens is 242 g/mol. The summed E-state index contributed by atoms with van der Waals surface area (Å²) < 4.78 is 0. The van der Waals surface area contributed by atoms with E-state index in [1.165, 1.54) is 6.42 Å². The molecule has 0 radical (unpaired) electrons. The highest BCUT2D eigenvalue weighted by Gasteiger charge is 2.27. The molecule has 1 saturated carbocycles. The maximum absolute atomic E-state index is 12.0. The summed E-state index contributed by atoms with van der Waals surface area (Å²) >= 11 is 0. The van der Waals surface area contributed by atoms with Gasteiger partial charge in [-0.05, 0) is 38.0 Å². The van der Waals surface area contributed by atoms with Gasteiger partial charge in [0, 0.05) is 19.0 Å². The molecule has 1 aliphatic heterocycles. The van der Waals surface area contributed by atoms with E-state index >= 15 is 0 Å². The van der Waals surface area contributed by atoms with Crippen molar-refractivity contribution in [2.45, 2.75) is 63.5 Å². The van der Waals surface area contributed by atoms with Gasteiger partial charge in [0.05, 0.1) is 0 Å². The van der Waals surface area contributed by atoms with Gasteiger partial charge in [-0.15, -0.1) is 0 Å². The molecule has 3 atom stereocenters. The Morgan fingerprint density at radius 2 is 1.95 bits per heavy atom. The molecule has 1 heterocycles. The van der Waals surface area contributed by atoms with Crippen molar-refractivity contribution in [3.63, 3.8) is 0 Å². The van der Waals surface area contributed by atoms with Gasteiger partial charge in [0.2, 0.25) is 11.8 Å². The van der Waals surface area contributed by atoms with Crippen LogP contribution in [-0.2, 0) is 9.59 Å². The lowest BCUT2D eigenvalue weighted by Crippen LogP contribution is -2.47. The minimum Gasteiger partial charge on any atom is -0.354 e. The van der Waals surface area contributed by atoms with Crippen molar-refractivity contribution in [1.29, 1.82) is 0 Å². The van der Waals surface area contributed by atoms with Gasteiger partial charge in [-0.25, -0.2) is 0 Å². The normalized spacial score (nSPS) is 32.3. The molecule has 19 heavy (non-hydrogen) atoms. The minimum absolute atomic E-state index is 0.0237. The summed E-state index contributed by atoms with van der Waals surface area (Å²) in [4.78, 5) is 23.8. The van der Waals surface area contributed by atoms with Crippen LogP contribution in [0.3, 0.4) is 0 Å². The molecule has 0 aromatic rings. The van der Waals surface area contributed by atoms with Gasteiger partial charge < -0.3 is 16.4 Å². The van der Waals surface area contributed by atoms with Gasteiger partial charge >= 0.3 is 0 Å². The van der Waals surface area contributed by atoms with Crippen molar-refractivity contribution < 1.29 is 9.59 Å². The largest absolute Gasteiger partial charge is 0.354 e. The second-order valence-corrected chi connectivity index (χ2v) is 5.82. The topological polar surface area (TPSA) is 84.2 Å². The number of carbonyl (C=O) groups excluding carboxylic acids is 2. The molecule has 2 rings (SSSR count). The van der Waals surface area contributed by atoms with Crippen LogP contribution in [0.2, 0.25) is 0 Å². The van der Waals surface area contributed by atoms with E-state index in [1.54, 1.807) is 0 Å². The zero-order chi connectivity index (χ0) is 13.7. The van der Waals surface area contributed by atoms with E-state index in [0.717, 1.165) is 45.1 Å². The molecule has 5 heteroatoms. The van der Waals surface area contributed by atoms with Crippen LogP contribution in [0.15, 0.2) is 0 Å². The number of rotatable bonds is 3. The van der Waals surface area contributed by atoms with E-state index in [0.29, 0.717) is 6.42 Å². The van der Waals surface area contributed by atoms with Crippen LogP contribution in [0.25, 0.3) is 0 Å². The van der Waals surface area contributed by atoms with Gasteiger partial charge in [0.15, 0.2) is 0 Å². The van der Waals surface area contributed by atoms with E-state index in [9.17, 15) is 9.59 Å². The van der Waals surface area contributed by atoms with E-state index in [2.05, 4.69) is 10.6 Å². The SMILES string of the molecule is NC1CCCCC1CC(=O)NC1CCCCNC1=O. The van der Waals surface area contributed by atoms with Crippen LogP contribution >= 0.6 is 0 Å². The Bertz CT molecular complexity index is 333. The molecule has 2 aliphatic rings. The fraction of sp³-hybridized carbons (Fsp3) is 0.857. The van der Waals surface area contributed by atoms with Crippen LogP contribution in [-0.4, -0.2) is 30.4 Å². The van der Waals surface area contributed by atoms with Crippen molar-refractivity contribution in [1.82, 2.24) is 10.6 Å². The fourth-order valence-corrected chi connectivity index (χ4v) is 3.06. The maximum Gasteiger partial charge on any atom is 0.242 e. The van der Waals surface area contributed by atoms with E-state index < -0.39 is 0 Å². The summed E-state index contributed by atoms with van der Waals surface area (Å²) in [6.45, 7) is 0.721. The Morgan fingerprint density at radius 3 is 2.74 bits per heavy atom. The quantitative estimate of drug-likeness (QED) is 0.703. The molecule has 1 aliphatic carbocycles. The van der Waals surface area contributed by atoms with Gasteiger partial charge in [-0.3, -0.25) is 9.59 Å². The molecule has 2 fully saturated rings. The lowest BCUT2D eigenvalue weighted by Gasteiger charge is -2.28. The molecule has 0 aromatic carbocycles. The standard InChI is InChI=1S/C14H25N3O2/c15-11-6-2-1-5-10(11)9-13(18)17-12-7-3-4-8-16-14(12)19/h10-12H,1-9,15H2,(H,16,19)(H,17,18). The number of hydrogen-bond acceptors (Lipinski definition) is 3. The molecular formula is C14H25N3O2. The van der Waals surface area contributed by atoms with Crippen LogP contribution in [0.5, 0.6) is 0 Å². The van der Waals surface area contributed by atoms with Crippen LogP contribution in [0, 0.1) is 5.92 Å². The summed E-state index contributed by atoms with van der Waals surface area (Å²) in [5.74, 6) is 0.214. The summed E-state index contributed by atoms with van der Waals surface area (Å²) in [6.07, 6.45) is 7.56. The zero-order valence-corrected chi connectivity index (χ0v) is 11.5. The van der Waals surface area contributed by atoms with Gasteiger partial charge in [0.1, 0.15) is 6.04 Å². The summed E-state index contributed by atoms with van der Waals surface area (Å²) in [6, 6.07) is -0.211. The number of amides is 2. The van der Waals surface area contributed by atoms with Gasteiger partial charge in [-0.2, -0.15) is 0 Å². The molecule has 0 aromatic heterocycles. The molecule has 5 nitrogen and oxygen atoms in total. The zero-order valence-electron chi connectivity index (χ0n) is 11.5. The molecule has 108 valence electrons. The highest BCUT2D eigenvalue weighted by atomic mass is 16.2. The lowest BCUT2D eigenvalue weighted by molar-refractivity contribution is -0.129. The van der Waals surface area contributed by atoms with Crippen LogP contribution < -0.4 is 16.4 Å². The van der Waals surface area contributed by atoms with Crippen molar-refractivity contribution >= 4 is 11.8 Å². The van der Waals surface area contributed by atoms with Crippen molar-refractivity contribution in [3.8, 4) is 0 Å². The third-order valence-electron chi connectivity index (χ3n) is 4.29. The summed E-state index contributed by atoms with van der Waals surface area (Å²) in [5.41, 5.74) is 6.05. The maximum atomic E-state index is 12.0. The molecule has 0 bridgehead atoms. The van der Waals surface area contributed by atoms with E-state index in [1.807, 2.05) is 0 Å². The minimum atomic E-state index is -0.352. The number of carbonyl (C=O) groups is 2. The molecule has 0 spiro atoms. The summed E-state index contributed by atoms with van der Waals surface area (Å²) in [7, 11) is 0. The first-order valence-electron chi connectivity index (χ1n) is 7.49. The molecule has 1 saturated heterocycles. The van der Waals surface area contributed by atoms with Crippen molar-refractivity contribution in [3.05, 3.63) is 0 Å². The first-order chi connectivity index (χ1) is 9.16. The lowest BCUT2D eigenvalue weighted by atomic mass is 9.83.